The van der Waals surface area contributed by atoms with E-state index < -0.39 is 0 Å². The molecule has 0 spiro atoms. The van der Waals surface area contributed by atoms with Gasteiger partial charge in [0.05, 0.1) is 0 Å². The monoisotopic (exact) mass is 398 g/mol. The molecule has 1 aliphatic heterocycles. The van der Waals surface area contributed by atoms with E-state index in [1.165, 1.54) is 48.8 Å². The van der Waals surface area contributed by atoms with Gasteiger partial charge in [0.2, 0.25) is 0 Å². The molecule has 0 aliphatic carbocycles. The number of rotatable bonds is 9. The van der Waals surface area contributed by atoms with Crippen LogP contribution in [0.3, 0.4) is 0 Å². The van der Waals surface area contributed by atoms with E-state index in [4.69, 9.17) is 4.74 Å². The number of carbonyl (C=O) groups is 1. The van der Waals surface area contributed by atoms with Crippen molar-refractivity contribution in [3.8, 4) is 5.75 Å². The minimum atomic E-state index is -0.00673. The van der Waals surface area contributed by atoms with Gasteiger partial charge in [-0.3, -0.25) is 4.79 Å². The van der Waals surface area contributed by atoms with Crippen molar-refractivity contribution in [3.05, 3.63) is 40.2 Å². The molecule has 1 aromatic rings. The van der Waals surface area contributed by atoms with Crippen molar-refractivity contribution in [1.29, 1.82) is 0 Å². The summed E-state index contributed by atoms with van der Waals surface area (Å²) in [4.78, 5) is 12.9. The van der Waals surface area contributed by atoms with E-state index in [1.54, 1.807) is 0 Å². The van der Waals surface area contributed by atoms with Gasteiger partial charge in [0.1, 0.15) is 11.5 Å². The maximum Gasteiger partial charge on any atom is 0.165 e. The molecule has 2 rings (SSSR count). The van der Waals surface area contributed by atoms with Crippen LogP contribution in [0.25, 0.3) is 0 Å². The second kappa shape index (κ2) is 9.96. The van der Waals surface area contributed by atoms with Crippen LogP contribution < -0.4 is 4.74 Å². The Balaban J connectivity index is 2.43. The number of carbonyl (C=O) groups excluding carboxylic acids is 1. The maximum atomic E-state index is 12.9. The molecule has 0 aromatic heterocycles. The summed E-state index contributed by atoms with van der Waals surface area (Å²) < 4.78 is 6.51. The standard InChI is InChI=1S/C27H42O2/c1-9-10-11-12-13-14-20-15-22(27(6,7)8)16-21-17-23(24(28)18(2)3)25(19(4)5)29-26(20)21/h15-16,18-19H,9-14,17H2,1-8H3. The molecule has 162 valence electrons. The maximum absolute atomic E-state index is 12.9. The molecule has 0 fully saturated rings. The third-order valence-electron chi connectivity index (χ3n) is 5.88. The number of hydrogen-bond acceptors (Lipinski definition) is 2. The number of aryl methyl sites for hydroxylation is 1. The first-order valence-corrected chi connectivity index (χ1v) is 11.7. The average Bonchev–Trinajstić information content (AvgIpc) is 2.64. The number of fused-ring (bicyclic) bond motifs is 1. The third-order valence-corrected chi connectivity index (χ3v) is 5.88. The fourth-order valence-corrected chi connectivity index (χ4v) is 4.03. The lowest BCUT2D eigenvalue weighted by molar-refractivity contribution is -0.118. The van der Waals surface area contributed by atoms with Crippen LogP contribution in [0.2, 0.25) is 0 Å². The number of unbranched alkanes of at least 4 members (excludes halogenated alkanes) is 4. The molecule has 0 saturated heterocycles. The second-order valence-electron chi connectivity index (χ2n) is 10.3. The van der Waals surface area contributed by atoms with Gasteiger partial charge in [-0.15, -0.1) is 0 Å². The Morgan fingerprint density at radius 1 is 1.03 bits per heavy atom. The number of ether oxygens (including phenoxy) is 1. The molecular formula is C27H42O2. The first-order valence-electron chi connectivity index (χ1n) is 11.7. The van der Waals surface area contributed by atoms with E-state index in [0.717, 1.165) is 23.5 Å². The number of allylic oxidation sites excluding steroid dienone is 2. The lowest BCUT2D eigenvalue weighted by atomic mass is 9.81. The van der Waals surface area contributed by atoms with Crippen molar-refractivity contribution < 1.29 is 9.53 Å². The minimum Gasteiger partial charge on any atom is -0.460 e. The molecule has 2 nitrogen and oxygen atoms in total. The Kier molecular flexibility index (Phi) is 8.14. The van der Waals surface area contributed by atoms with Gasteiger partial charge < -0.3 is 4.74 Å². The molecule has 0 unspecified atom stereocenters. The van der Waals surface area contributed by atoms with Gasteiger partial charge in [-0.2, -0.15) is 0 Å². The zero-order valence-electron chi connectivity index (χ0n) is 20.1. The van der Waals surface area contributed by atoms with Crippen LogP contribution in [0.4, 0.5) is 0 Å². The highest BCUT2D eigenvalue weighted by Gasteiger charge is 2.30. The molecule has 0 N–H and O–H groups in total. The first kappa shape index (κ1) is 23.7. The van der Waals surface area contributed by atoms with Crippen LogP contribution in [0.5, 0.6) is 5.75 Å². The summed E-state index contributed by atoms with van der Waals surface area (Å²) in [6, 6.07) is 4.63. The zero-order valence-corrected chi connectivity index (χ0v) is 20.1. The van der Waals surface area contributed by atoms with Gasteiger partial charge in [-0.05, 0) is 34.9 Å². The highest BCUT2D eigenvalue weighted by atomic mass is 16.5. The molecule has 1 heterocycles. The van der Waals surface area contributed by atoms with Crippen molar-refractivity contribution >= 4 is 5.78 Å². The zero-order chi connectivity index (χ0) is 21.8. The van der Waals surface area contributed by atoms with Gasteiger partial charge in [0, 0.05) is 23.8 Å². The van der Waals surface area contributed by atoms with Crippen molar-refractivity contribution in [2.75, 3.05) is 0 Å². The second-order valence-corrected chi connectivity index (χ2v) is 10.3. The van der Waals surface area contributed by atoms with Crippen molar-refractivity contribution in [2.24, 2.45) is 11.8 Å². The van der Waals surface area contributed by atoms with Crippen LogP contribution in [0, 0.1) is 11.8 Å². The summed E-state index contributed by atoms with van der Waals surface area (Å²) >= 11 is 0. The smallest absolute Gasteiger partial charge is 0.165 e. The molecule has 0 atom stereocenters. The van der Waals surface area contributed by atoms with Gasteiger partial charge in [-0.25, -0.2) is 0 Å². The fourth-order valence-electron chi connectivity index (χ4n) is 4.03. The van der Waals surface area contributed by atoms with Crippen LogP contribution in [-0.2, 0) is 23.1 Å². The number of benzene rings is 1. The van der Waals surface area contributed by atoms with Gasteiger partial charge in [0.15, 0.2) is 5.78 Å². The quantitative estimate of drug-likeness (QED) is 0.401. The highest BCUT2D eigenvalue weighted by Crippen LogP contribution is 2.40. The van der Waals surface area contributed by atoms with E-state index >= 15 is 0 Å². The molecule has 1 aromatic carbocycles. The van der Waals surface area contributed by atoms with Gasteiger partial charge >= 0.3 is 0 Å². The Hall–Kier alpha value is -1.57. The molecule has 0 amide bonds. The summed E-state index contributed by atoms with van der Waals surface area (Å²) in [5, 5.41) is 0. The Morgan fingerprint density at radius 3 is 2.24 bits per heavy atom. The predicted molar refractivity (Wildman–Crippen MR) is 124 cm³/mol. The topological polar surface area (TPSA) is 26.3 Å². The molecule has 0 saturated carbocycles. The Morgan fingerprint density at radius 2 is 1.69 bits per heavy atom. The lowest BCUT2D eigenvalue weighted by Gasteiger charge is -2.30. The fraction of sp³-hybridized carbons (Fsp3) is 0.667. The molecule has 2 heteroatoms. The predicted octanol–water partition coefficient (Wildman–Crippen LogP) is 7.57. The molecule has 0 radical (unpaired) electrons. The van der Waals surface area contributed by atoms with E-state index in [0.29, 0.717) is 6.42 Å². The van der Waals surface area contributed by atoms with Crippen molar-refractivity contribution in [1.82, 2.24) is 0 Å². The SMILES string of the molecule is CCCCCCCc1cc(C(C)(C)C)cc2c1OC(C(C)C)=C(C(=O)C(C)C)C2. The van der Waals surface area contributed by atoms with E-state index in [2.05, 4.69) is 53.7 Å². The van der Waals surface area contributed by atoms with E-state index in [9.17, 15) is 4.79 Å². The van der Waals surface area contributed by atoms with Gasteiger partial charge in [-0.1, -0.05) is 93.2 Å². The Bertz CT molecular complexity index is 745. The third kappa shape index (κ3) is 5.96. The first-order chi connectivity index (χ1) is 13.6. The van der Waals surface area contributed by atoms with Gasteiger partial charge in [0.25, 0.3) is 0 Å². The summed E-state index contributed by atoms with van der Waals surface area (Å²) in [5.41, 5.74) is 4.80. The van der Waals surface area contributed by atoms with Crippen molar-refractivity contribution in [2.45, 2.75) is 106 Å². The summed E-state index contributed by atoms with van der Waals surface area (Å²) in [7, 11) is 0. The highest BCUT2D eigenvalue weighted by molar-refractivity contribution is 5.98. The van der Waals surface area contributed by atoms with E-state index in [-0.39, 0.29) is 23.0 Å². The molecule has 29 heavy (non-hydrogen) atoms. The summed E-state index contributed by atoms with van der Waals surface area (Å²) in [6.07, 6.45) is 8.11. The molecule has 0 bridgehead atoms. The largest absolute Gasteiger partial charge is 0.460 e. The Labute approximate surface area is 179 Å². The lowest BCUT2D eigenvalue weighted by Crippen LogP contribution is -2.24. The van der Waals surface area contributed by atoms with Crippen LogP contribution in [-0.4, -0.2) is 5.78 Å². The van der Waals surface area contributed by atoms with Crippen LogP contribution in [0.15, 0.2) is 23.5 Å². The number of Topliss-reactive ketones (excluding diaryl/α,β-unsaturated/α-hetero) is 1. The van der Waals surface area contributed by atoms with Crippen LogP contribution >= 0.6 is 0 Å². The van der Waals surface area contributed by atoms with Crippen LogP contribution in [0.1, 0.15) is 104 Å². The summed E-state index contributed by atoms with van der Waals surface area (Å²) in [6.45, 7) is 17.3. The molecular weight excluding hydrogens is 356 g/mol. The average molecular weight is 399 g/mol. The summed E-state index contributed by atoms with van der Waals surface area (Å²) in [5.74, 6) is 2.33. The normalized spacial score (nSPS) is 14.4. The van der Waals surface area contributed by atoms with E-state index in [1.807, 2.05) is 13.8 Å². The minimum absolute atomic E-state index is 0.00673. The number of ketones is 1. The number of hydrogen-bond donors (Lipinski definition) is 0. The molecule has 1 aliphatic rings. The van der Waals surface area contributed by atoms with Crippen molar-refractivity contribution in [3.63, 3.8) is 0 Å².